The van der Waals surface area contributed by atoms with Crippen molar-refractivity contribution >= 4 is 27.3 Å². The number of hydrogen-bond acceptors (Lipinski definition) is 6. The van der Waals surface area contributed by atoms with Gasteiger partial charge in [-0.15, -0.1) is 11.3 Å². The average Bonchev–Trinajstić information content (AvgIpc) is 3.32. The molecular weight excluding hydrogens is 575 g/mol. The van der Waals surface area contributed by atoms with Crippen LogP contribution in [0.1, 0.15) is 93.7 Å². The Balaban J connectivity index is 1.73. The summed E-state index contributed by atoms with van der Waals surface area (Å²) < 4.78 is 73.0. The first kappa shape index (κ1) is 31.9. The van der Waals surface area contributed by atoms with Crippen LogP contribution >= 0.6 is 11.3 Å². The number of thiazole rings is 1. The van der Waals surface area contributed by atoms with Crippen LogP contribution in [0.4, 0.5) is 13.2 Å². The molecule has 41 heavy (non-hydrogen) atoms. The van der Waals surface area contributed by atoms with Crippen LogP contribution < -0.4 is 10.0 Å². The number of halogens is 3. The zero-order valence-electron chi connectivity index (χ0n) is 24.1. The van der Waals surface area contributed by atoms with Gasteiger partial charge in [0.15, 0.2) is 5.01 Å². The van der Waals surface area contributed by atoms with Crippen LogP contribution in [0.5, 0.6) is 0 Å². The number of sulfonamides is 1. The van der Waals surface area contributed by atoms with Gasteiger partial charge in [-0.1, -0.05) is 58.9 Å². The average molecular weight is 616 g/mol. The zero-order valence-corrected chi connectivity index (χ0v) is 25.7. The van der Waals surface area contributed by atoms with E-state index in [0.29, 0.717) is 41.7 Å². The summed E-state index contributed by atoms with van der Waals surface area (Å²) in [7, 11) is -4.47. The number of nitrogens with zero attached hydrogens (tertiary/aromatic N) is 1. The fourth-order valence-corrected chi connectivity index (χ4v) is 8.04. The highest BCUT2D eigenvalue weighted by Gasteiger charge is 2.40. The number of ether oxygens (including phenoxy) is 1. The van der Waals surface area contributed by atoms with Gasteiger partial charge in [0.05, 0.1) is 15.5 Å². The minimum Gasteiger partial charge on any atom is -0.381 e. The van der Waals surface area contributed by atoms with E-state index >= 15 is 0 Å². The quantitative estimate of drug-likeness (QED) is 0.360. The van der Waals surface area contributed by atoms with Crippen molar-refractivity contribution in [2.24, 2.45) is 5.92 Å². The maximum atomic E-state index is 13.2. The van der Waals surface area contributed by atoms with Crippen LogP contribution in [-0.4, -0.2) is 50.8 Å². The monoisotopic (exact) mass is 615 g/mol. The van der Waals surface area contributed by atoms with Crippen LogP contribution in [0.3, 0.4) is 0 Å². The number of rotatable bonds is 8. The van der Waals surface area contributed by atoms with Crippen LogP contribution in [-0.2, 0) is 26.6 Å². The molecule has 2 heterocycles. The molecule has 0 bridgehead atoms. The molecule has 0 spiro atoms. The van der Waals surface area contributed by atoms with Gasteiger partial charge in [-0.25, -0.2) is 13.4 Å². The van der Waals surface area contributed by atoms with Crippen molar-refractivity contribution in [3.8, 4) is 10.4 Å². The fourth-order valence-electron chi connectivity index (χ4n) is 5.42. The second-order valence-corrected chi connectivity index (χ2v) is 14.9. The number of carbonyl (C=O) groups is 1. The Hall–Kier alpha value is -2.02. The minimum atomic E-state index is -4.72. The third-order valence-electron chi connectivity index (χ3n) is 7.82. The van der Waals surface area contributed by atoms with E-state index in [0.717, 1.165) is 56.0 Å². The number of alkyl halides is 3. The van der Waals surface area contributed by atoms with E-state index in [1.165, 1.54) is 23.8 Å². The smallest absolute Gasteiger partial charge is 0.381 e. The second-order valence-electron chi connectivity index (χ2n) is 12.2. The van der Waals surface area contributed by atoms with Crippen LogP contribution in [0.25, 0.3) is 10.4 Å². The maximum absolute atomic E-state index is 13.2. The molecule has 1 saturated carbocycles. The van der Waals surface area contributed by atoms with Gasteiger partial charge in [0.2, 0.25) is 10.0 Å². The molecule has 1 aliphatic heterocycles. The lowest BCUT2D eigenvalue weighted by Gasteiger charge is -2.25. The van der Waals surface area contributed by atoms with Gasteiger partial charge in [-0.2, -0.15) is 17.9 Å². The molecule has 1 aliphatic carbocycles. The molecule has 1 aromatic heterocycles. The summed E-state index contributed by atoms with van der Waals surface area (Å²) in [5.41, 5.74) is 1.20. The van der Waals surface area contributed by atoms with E-state index in [4.69, 9.17) is 9.72 Å². The van der Waals surface area contributed by atoms with Gasteiger partial charge in [-0.3, -0.25) is 4.79 Å². The molecule has 1 aromatic carbocycles. The highest BCUT2D eigenvalue weighted by Crippen LogP contribution is 2.39. The molecule has 1 saturated heterocycles. The highest BCUT2D eigenvalue weighted by molar-refractivity contribution is 7.89. The predicted molar refractivity (Wildman–Crippen MR) is 154 cm³/mol. The predicted octanol–water partition coefficient (Wildman–Crippen LogP) is 6.37. The molecule has 12 heteroatoms. The number of hydrogen-bond donors (Lipinski definition) is 2. The summed E-state index contributed by atoms with van der Waals surface area (Å²) in [6.07, 6.45) is 3.19. The van der Waals surface area contributed by atoms with E-state index in [2.05, 4.69) is 5.32 Å². The molecule has 0 radical (unpaired) electrons. The van der Waals surface area contributed by atoms with Crippen molar-refractivity contribution in [3.63, 3.8) is 0 Å². The number of carbonyl (C=O) groups excluding carboxylic acids is 1. The van der Waals surface area contributed by atoms with Crippen molar-refractivity contribution in [3.05, 3.63) is 34.5 Å². The van der Waals surface area contributed by atoms with Gasteiger partial charge in [0.25, 0.3) is 5.91 Å². The van der Waals surface area contributed by atoms with Crippen LogP contribution in [0.15, 0.2) is 23.1 Å². The summed E-state index contributed by atoms with van der Waals surface area (Å²) in [6.45, 7) is 7.44. The van der Waals surface area contributed by atoms with E-state index in [1.807, 2.05) is 20.8 Å². The zero-order chi connectivity index (χ0) is 30.0. The Morgan fingerprint density at radius 2 is 1.76 bits per heavy atom. The Kier molecular flexibility index (Phi) is 9.87. The van der Waals surface area contributed by atoms with Crippen molar-refractivity contribution in [2.45, 2.75) is 108 Å². The highest BCUT2D eigenvalue weighted by atomic mass is 32.2. The first-order valence-corrected chi connectivity index (χ1v) is 16.6. The van der Waals surface area contributed by atoms with Gasteiger partial charge in [0, 0.05) is 19.3 Å². The summed E-state index contributed by atoms with van der Waals surface area (Å²) in [5, 5.41) is 3.43. The van der Waals surface area contributed by atoms with Crippen molar-refractivity contribution in [2.75, 3.05) is 13.2 Å². The first-order chi connectivity index (χ1) is 19.1. The minimum absolute atomic E-state index is 0.0222. The van der Waals surface area contributed by atoms with E-state index < -0.39 is 27.7 Å². The molecule has 1 atom stereocenters. The van der Waals surface area contributed by atoms with E-state index in [9.17, 15) is 26.4 Å². The topological polar surface area (TPSA) is 97.4 Å². The van der Waals surface area contributed by atoms with Crippen LogP contribution in [0.2, 0.25) is 0 Å². The lowest BCUT2D eigenvalue weighted by Crippen LogP contribution is -2.43. The Morgan fingerprint density at radius 3 is 2.37 bits per heavy atom. The number of amides is 1. The Bertz CT molecular complexity index is 1320. The van der Waals surface area contributed by atoms with Gasteiger partial charge < -0.3 is 10.1 Å². The molecule has 4 rings (SSSR count). The molecule has 1 amide bonds. The normalized spacial score (nSPS) is 18.8. The molecule has 228 valence electrons. The molecular formula is C29H40F3N3O4S2. The molecule has 2 N–H and O–H groups in total. The lowest BCUT2D eigenvalue weighted by atomic mass is 9.84. The molecule has 0 unspecified atom stereocenters. The summed E-state index contributed by atoms with van der Waals surface area (Å²) in [4.78, 5) is 18.6. The Labute approximate surface area is 244 Å². The lowest BCUT2D eigenvalue weighted by molar-refractivity contribution is -0.147. The van der Waals surface area contributed by atoms with E-state index in [1.54, 1.807) is 16.9 Å². The van der Waals surface area contributed by atoms with Gasteiger partial charge in [0.1, 0.15) is 6.04 Å². The first-order valence-electron chi connectivity index (χ1n) is 14.3. The SMILES string of the molecule is C[C@H](NS(=O)(=O)c1ccc(-c2sc(C(=O)NC3CCOCC3)nc2CC2CCCCC2)cc1C(C)(C)C)C(F)(F)F. The number of nitrogens with one attached hydrogen (secondary N) is 2. The second kappa shape index (κ2) is 12.7. The summed E-state index contributed by atoms with van der Waals surface area (Å²) >= 11 is 1.28. The standard InChI is InChI=1S/C29H40F3N3O4S2/c1-18(29(30,31)32)35-41(37,38)24-11-10-20(17-22(24)28(2,3)4)25-23(16-19-8-6-5-7-9-19)34-27(40-25)26(36)33-21-12-14-39-15-13-21/h10-11,17-19,21,35H,5-9,12-16H2,1-4H3,(H,33,36)/t18-/m0/s1. The molecule has 7 nitrogen and oxygen atoms in total. The fraction of sp³-hybridized carbons (Fsp3) is 0.655. The van der Waals surface area contributed by atoms with E-state index in [-0.39, 0.29) is 16.8 Å². The Morgan fingerprint density at radius 1 is 1.10 bits per heavy atom. The van der Waals surface area contributed by atoms with Gasteiger partial charge >= 0.3 is 6.18 Å². The number of benzene rings is 1. The largest absolute Gasteiger partial charge is 0.404 e. The van der Waals surface area contributed by atoms with Crippen molar-refractivity contribution in [1.82, 2.24) is 15.0 Å². The van der Waals surface area contributed by atoms with Crippen LogP contribution in [0, 0.1) is 5.92 Å². The third kappa shape index (κ3) is 8.09. The third-order valence-corrected chi connectivity index (χ3v) is 10.6. The molecule has 2 aliphatic rings. The van der Waals surface area contributed by atoms with Crippen molar-refractivity contribution in [1.29, 1.82) is 0 Å². The maximum Gasteiger partial charge on any atom is 0.404 e. The summed E-state index contributed by atoms with van der Waals surface area (Å²) in [5.74, 6) is 0.212. The summed E-state index contributed by atoms with van der Waals surface area (Å²) in [6, 6.07) is 2.49. The number of aromatic nitrogens is 1. The molecule has 2 fully saturated rings. The van der Waals surface area contributed by atoms with Crippen molar-refractivity contribution < 1.29 is 31.1 Å². The van der Waals surface area contributed by atoms with Gasteiger partial charge in [-0.05, 0) is 60.8 Å². The molecule has 2 aromatic rings.